The third-order valence-electron chi connectivity index (χ3n) is 3.01. The van der Waals surface area contributed by atoms with E-state index in [2.05, 4.69) is 4.98 Å². The van der Waals surface area contributed by atoms with Crippen LogP contribution in [0.2, 0.25) is 0 Å². The maximum absolute atomic E-state index is 11.7. The summed E-state index contributed by atoms with van der Waals surface area (Å²) in [5, 5.41) is 1.09. The van der Waals surface area contributed by atoms with E-state index in [0.717, 1.165) is 16.5 Å². The molecule has 102 valence electrons. The largest absolute Gasteiger partial charge is 0.464 e. The van der Waals surface area contributed by atoms with E-state index in [0.29, 0.717) is 26.0 Å². The summed E-state index contributed by atoms with van der Waals surface area (Å²) in [6, 6.07) is 7.28. The quantitative estimate of drug-likeness (QED) is 0.532. The number of aromatic nitrogens is 1. The number of para-hydroxylation sites is 1. The fraction of sp³-hybridized carbons (Fsp3) is 0.357. The minimum Gasteiger partial charge on any atom is -0.464 e. The molecule has 1 heterocycles. The van der Waals surface area contributed by atoms with E-state index in [1.807, 2.05) is 30.5 Å². The summed E-state index contributed by atoms with van der Waals surface area (Å²) in [5.41, 5.74) is 13.3. The fourth-order valence-corrected chi connectivity index (χ4v) is 1.98. The molecule has 2 rings (SSSR count). The monoisotopic (exact) mass is 261 g/mol. The predicted molar refractivity (Wildman–Crippen MR) is 74.6 cm³/mol. The SMILES string of the molecule is NCCCOC(=O)[C@@H](N)Cc1c[nH]c2ccccc12. The lowest BCUT2D eigenvalue weighted by atomic mass is 10.1. The molecule has 0 saturated heterocycles. The van der Waals surface area contributed by atoms with Crippen LogP contribution < -0.4 is 11.5 Å². The highest BCUT2D eigenvalue weighted by Gasteiger charge is 2.17. The van der Waals surface area contributed by atoms with Gasteiger partial charge in [0.25, 0.3) is 0 Å². The van der Waals surface area contributed by atoms with Crippen LogP contribution in [0.15, 0.2) is 30.5 Å². The van der Waals surface area contributed by atoms with Crippen LogP contribution in [0.5, 0.6) is 0 Å². The van der Waals surface area contributed by atoms with Crippen LogP contribution in [-0.2, 0) is 16.0 Å². The van der Waals surface area contributed by atoms with E-state index in [4.69, 9.17) is 16.2 Å². The number of hydrogen-bond donors (Lipinski definition) is 3. The summed E-state index contributed by atoms with van der Waals surface area (Å²) in [5.74, 6) is -0.376. The molecule has 5 nitrogen and oxygen atoms in total. The number of ether oxygens (including phenoxy) is 1. The van der Waals surface area contributed by atoms with Gasteiger partial charge in [-0.05, 0) is 24.6 Å². The van der Waals surface area contributed by atoms with Gasteiger partial charge in [0.1, 0.15) is 6.04 Å². The highest BCUT2D eigenvalue weighted by atomic mass is 16.5. The van der Waals surface area contributed by atoms with Gasteiger partial charge in [0.15, 0.2) is 0 Å². The van der Waals surface area contributed by atoms with Gasteiger partial charge < -0.3 is 21.2 Å². The van der Waals surface area contributed by atoms with Crippen molar-refractivity contribution in [2.75, 3.05) is 13.2 Å². The van der Waals surface area contributed by atoms with Crippen LogP contribution in [0, 0.1) is 0 Å². The number of H-pyrrole nitrogens is 1. The van der Waals surface area contributed by atoms with Crippen molar-refractivity contribution in [3.8, 4) is 0 Å². The van der Waals surface area contributed by atoms with E-state index < -0.39 is 6.04 Å². The van der Waals surface area contributed by atoms with Gasteiger partial charge in [-0.15, -0.1) is 0 Å². The molecule has 19 heavy (non-hydrogen) atoms. The second kappa shape index (κ2) is 6.36. The molecule has 0 saturated carbocycles. The molecule has 0 amide bonds. The molecule has 0 radical (unpaired) electrons. The van der Waals surface area contributed by atoms with E-state index in [1.54, 1.807) is 0 Å². The van der Waals surface area contributed by atoms with Gasteiger partial charge >= 0.3 is 5.97 Å². The van der Waals surface area contributed by atoms with Gasteiger partial charge in [-0.25, -0.2) is 0 Å². The van der Waals surface area contributed by atoms with E-state index in [9.17, 15) is 4.79 Å². The Morgan fingerprint density at radius 3 is 2.95 bits per heavy atom. The van der Waals surface area contributed by atoms with Gasteiger partial charge in [-0.2, -0.15) is 0 Å². The molecule has 5 heteroatoms. The molecule has 1 atom stereocenters. The van der Waals surface area contributed by atoms with E-state index >= 15 is 0 Å². The standard InChI is InChI=1S/C14H19N3O2/c15-6-3-7-19-14(18)12(16)8-10-9-17-13-5-2-1-4-11(10)13/h1-2,4-5,9,12,17H,3,6-8,15-16H2/t12-/m0/s1. The molecular formula is C14H19N3O2. The number of rotatable bonds is 6. The van der Waals surface area contributed by atoms with Crippen LogP contribution in [0.25, 0.3) is 10.9 Å². The zero-order chi connectivity index (χ0) is 13.7. The lowest BCUT2D eigenvalue weighted by molar-refractivity contribution is -0.145. The van der Waals surface area contributed by atoms with Crippen molar-refractivity contribution in [2.24, 2.45) is 11.5 Å². The molecule has 2 aromatic rings. The molecule has 0 unspecified atom stereocenters. The minimum atomic E-state index is -0.642. The number of nitrogens with one attached hydrogen (secondary N) is 1. The Balaban J connectivity index is 1.98. The molecule has 0 spiro atoms. The molecule has 0 fully saturated rings. The first kappa shape index (κ1) is 13.6. The van der Waals surface area contributed by atoms with Crippen molar-refractivity contribution in [1.82, 2.24) is 4.98 Å². The summed E-state index contributed by atoms with van der Waals surface area (Å²) >= 11 is 0. The Bertz CT molecular complexity index is 550. The number of benzene rings is 1. The topological polar surface area (TPSA) is 94.1 Å². The highest BCUT2D eigenvalue weighted by Crippen LogP contribution is 2.18. The van der Waals surface area contributed by atoms with Crippen LogP contribution in [0.1, 0.15) is 12.0 Å². The fourth-order valence-electron chi connectivity index (χ4n) is 1.98. The number of fused-ring (bicyclic) bond motifs is 1. The molecule has 0 aliphatic carbocycles. The molecule has 5 N–H and O–H groups in total. The van der Waals surface area contributed by atoms with E-state index in [1.165, 1.54) is 0 Å². The van der Waals surface area contributed by atoms with Crippen molar-refractivity contribution in [1.29, 1.82) is 0 Å². The Labute approximate surface area is 111 Å². The van der Waals surface area contributed by atoms with Gasteiger partial charge in [0, 0.05) is 23.5 Å². The number of hydrogen-bond acceptors (Lipinski definition) is 4. The molecular weight excluding hydrogens is 242 g/mol. The lowest BCUT2D eigenvalue weighted by Crippen LogP contribution is -2.34. The van der Waals surface area contributed by atoms with Crippen molar-refractivity contribution in [3.05, 3.63) is 36.0 Å². The Kier molecular flexibility index (Phi) is 4.54. The zero-order valence-electron chi connectivity index (χ0n) is 10.8. The predicted octanol–water partition coefficient (Wildman–Crippen LogP) is 0.930. The van der Waals surface area contributed by atoms with Gasteiger partial charge in [0.05, 0.1) is 6.61 Å². The summed E-state index contributed by atoms with van der Waals surface area (Å²) in [6.07, 6.45) is 3.01. The van der Waals surface area contributed by atoms with Crippen molar-refractivity contribution >= 4 is 16.9 Å². The number of esters is 1. The molecule has 1 aromatic heterocycles. The maximum atomic E-state index is 11.7. The van der Waals surface area contributed by atoms with Crippen LogP contribution in [0.4, 0.5) is 0 Å². The molecule has 1 aromatic carbocycles. The Morgan fingerprint density at radius 2 is 2.16 bits per heavy atom. The zero-order valence-corrected chi connectivity index (χ0v) is 10.8. The average Bonchev–Trinajstić information content (AvgIpc) is 2.82. The van der Waals surface area contributed by atoms with Crippen molar-refractivity contribution in [3.63, 3.8) is 0 Å². The van der Waals surface area contributed by atoms with Crippen molar-refractivity contribution in [2.45, 2.75) is 18.9 Å². The second-order valence-corrected chi connectivity index (χ2v) is 4.48. The minimum absolute atomic E-state index is 0.330. The normalized spacial score (nSPS) is 12.5. The number of nitrogens with two attached hydrogens (primary N) is 2. The van der Waals surface area contributed by atoms with Gasteiger partial charge in [-0.3, -0.25) is 4.79 Å². The van der Waals surface area contributed by atoms with Gasteiger partial charge in [0.2, 0.25) is 0 Å². The van der Waals surface area contributed by atoms with Gasteiger partial charge in [-0.1, -0.05) is 18.2 Å². The first-order chi connectivity index (χ1) is 9.22. The van der Waals surface area contributed by atoms with Crippen LogP contribution >= 0.6 is 0 Å². The highest BCUT2D eigenvalue weighted by molar-refractivity contribution is 5.84. The Morgan fingerprint density at radius 1 is 1.37 bits per heavy atom. The molecule has 0 aliphatic heterocycles. The summed E-state index contributed by atoms with van der Waals surface area (Å²) in [7, 11) is 0. The van der Waals surface area contributed by atoms with Crippen LogP contribution in [0.3, 0.4) is 0 Å². The number of carbonyl (C=O) groups is 1. The summed E-state index contributed by atoms with van der Waals surface area (Å²) in [6.45, 7) is 0.835. The maximum Gasteiger partial charge on any atom is 0.323 e. The van der Waals surface area contributed by atoms with Crippen LogP contribution in [-0.4, -0.2) is 30.1 Å². The smallest absolute Gasteiger partial charge is 0.323 e. The average molecular weight is 261 g/mol. The first-order valence-electron chi connectivity index (χ1n) is 6.39. The summed E-state index contributed by atoms with van der Waals surface area (Å²) in [4.78, 5) is 14.8. The molecule has 0 aliphatic rings. The second-order valence-electron chi connectivity index (χ2n) is 4.48. The molecule has 0 bridgehead atoms. The van der Waals surface area contributed by atoms with Crippen molar-refractivity contribution < 1.29 is 9.53 Å². The summed E-state index contributed by atoms with van der Waals surface area (Å²) < 4.78 is 5.05. The lowest BCUT2D eigenvalue weighted by Gasteiger charge is -2.10. The third-order valence-corrected chi connectivity index (χ3v) is 3.01. The first-order valence-corrected chi connectivity index (χ1v) is 6.39. The van der Waals surface area contributed by atoms with E-state index in [-0.39, 0.29) is 5.97 Å². The number of carbonyl (C=O) groups excluding carboxylic acids is 1. The Hall–Kier alpha value is -1.85. The number of aromatic amines is 1. The third kappa shape index (κ3) is 3.33.